The highest BCUT2D eigenvalue weighted by molar-refractivity contribution is 7.09. The fourth-order valence-electron chi connectivity index (χ4n) is 4.27. The molecule has 7 heteroatoms. The van der Waals surface area contributed by atoms with Gasteiger partial charge in [-0.25, -0.2) is 0 Å². The number of benzene rings is 1. The van der Waals surface area contributed by atoms with Gasteiger partial charge < -0.3 is 14.4 Å². The van der Waals surface area contributed by atoms with Crippen molar-refractivity contribution >= 4 is 17.2 Å². The molecule has 2 aliphatic heterocycles. The van der Waals surface area contributed by atoms with E-state index in [2.05, 4.69) is 33.4 Å². The van der Waals surface area contributed by atoms with Gasteiger partial charge in [0.25, 0.3) is 0 Å². The highest BCUT2D eigenvalue weighted by atomic mass is 32.1. The van der Waals surface area contributed by atoms with Crippen LogP contribution >= 0.6 is 11.3 Å². The lowest BCUT2D eigenvalue weighted by atomic mass is 10.1. The van der Waals surface area contributed by atoms with E-state index in [1.165, 1.54) is 16.9 Å². The molecule has 0 saturated carbocycles. The van der Waals surface area contributed by atoms with Gasteiger partial charge in [-0.2, -0.15) is 0 Å². The maximum absolute atomic E-state index is 12.5. The topological polar surface area (TPSA) is 45.2 Å². The number of methoxy groups -OCH3 is 1. The van der Waals surface area contributed by atoms with Gasteiger partial charge in [0.2, 0.25) is 5.91 Å². The van der Waals surface area contributed by atoms with Crippen molar-refractivity contribution in [2.45, 2.75) is 32.4 Å². The van der Waals surface area contributed by atoms with Crippen molar-refractivity contribution in [3.8, 4) is 11.5 Å². The molecule has 0 radical (unpaired) electrons. The van der Waals surface area contributed by atoms with E-state index in [1.54, 1.807) is 18.4 Å². The van der Waals surface area contributed by atoms with Crippen molar-refractivity contribution < 1.29 is 14.3 Å². The van der Waals surface area contributed by atoms with Crippen LogP contribution in [0, 0.1) is 0 Å². The summed E-state index contributed by atoms with van der Waals surface area (Å²) in [5.41, 5.74) is 1.22. The Balaban J connectivity index is 1.24. The summed E-state index contributed by atoms with van der Waals surface area (Å²) in [6.07, 6.45) is 3.57. The van der Waals surface area contributed by atoms with E-state index < -0.39 is 0 Å². The van der Waals surface area contributed by atoms with Gasteiger partial charge in [0, 0.05) is 50.7 Å². The third-order valence-electron chi connectivity index (χ3n) is 6.12. The number of carbonyl (C=O) groups is 1. The molecule has 0 spiro atoms. The minimum atomic E-state index is 0.302. The Bertz CT molecular complexity index is 829. The molecule has 2 fully saturated rings. The SMILES string of the molecule is COc1cc(CN2CCN(CC(=O)N3CCCCC3)CC2)ccc1OCc1cccs1. The number of ether oxygens (including phenoxy) is 2. The van der Waals surface area contributed by atoms with Gasteiger partial charge in [-0.1, -0.05) is 12.1 Å². The molecule has 1 aromatic carbocycles. The minimum Gasteiger partial charge on any atom is -0.493 e. The smallest absolute Gasteiger partial charge is 0.236 e. The van der Waals surface area contributed by atoms with E-state index in [0.29, 0.717) is 19.1 Å². The number of hydrogen-bond donors (Lipinski definition) is 0. The van der Waals surface area contributed by atoms with E-state index >= 15 is 0 Å². The zero-order valence-corrected chi connectivity index (χ0v) is 19.2. The summed E-state index contributed by atoms with van der Waals surface area (Å²) in [6, 6.07) is 10.3. The Morgan fingerprint density at radius 2 is 1.74 bits per heavy atom. The van der Waals surface area contributed by atoms with E-state index in [4.69, 9.17) is 9.47 Å². The zero-order valence-electron chi connectivity index (χ0n) is 18.4. The largest absolute Gasteiger partial charge is 0.493 e. The molecule has 0 N–H and O–H groups in total. The van der Waals surface area contributed by atoms with E-state index in [-0.39, 0.29) is 0 Å². The Morgan fingerprint density at radius 3 is 2.45 bits per heavy atom. The fourth-order valence-corrected chi connectivity index (χ4v) is 4.89. The predicted octanol–water partition coefficient (Wildman–Crippen LogP) is 3.47. The zero-order chi connectivity index (χ0) is 21.5. The molecule has 168 valence electrons. The predicted molar refractivity (Wildman–Crippen MR) is 124 cm³/mol. The molecule has 3 heterocycles. The number of likely N-dealkylation sites (tertiary alicyclic amines) is 1. The molecule has 4 rings (SSSR count). The summed E-state index contributed by atoms with van der Waals surface area (Å²) in [5, 5.41) is 2.06. The number of thiophene rings is 1. The first-order valence-electron chi connectivity index (χ1n) is 11.3. The number of nitrogens with zero attached hydrogens (tertiary/aromatic N) is 3. The first-order chi connectivity index (χ1) is 15.2. The Labute approximate surface area is 189 Å². The van der Waals surface area contributed by atoms with E-state index in [0.717, 1.165) is 70.2 Å². The van der Waals surface area contributed by atoms with Gasteiger partial charge >= 0.3 is 0 Å². The van der Waals surface area contributed by atoms with Crippen LogP contribution in [0.25, 0.3) is 0 Å². The van der Waals surface area contributed by atoms with Crippen LogP contribution in [0.5, 0.6) is 11.5 Å². The molecule has 2 aliphatic rings. The van der Waals surface area contributed by atoms with Crippen LogP contribution in [0.15, 0.2) is 35.7 Å². The third-order valence-corrected chi connectivity index (χ3v) is 6.97. The molecular weight excluding hydrogens is 410 g/mol. The second-order valence-corrected chi connectivity index (χ2v) is 9.38. The maximum atomic E-state index is 12.5. The van der Waals surface area contributed by atoms with Gasteiger partial charge in [-0.05, 0) is 48.4 Å². The number of rotatable bonds is 8. The number of piperazine rings is 1. The average molecular weight is 444 g/mol. The summed E-state index contributed by atoms with van der Waals surface area (Å²) in [5.74, 6) is 1.86. The van der Waals surface area contributed by atoms with Crippen LogP contribution in [-0.2, 0) is 17.9 Å². The lowest BCUT2D eigenvalue weighted by Crippen LogP contribution is -2.50. The van der Waals surface area contributed by atoms with Crippen LogP contribution in [0.2, 0.25) is 0 Å². The lowest BCUT2D eigenvalue weighted by Gasteiger charge is -2.36. The summed E-state index contributed by atoms with van der Waals surface area (Å²) in [4.78, 5) is 20.5. The van der Waals surface area contributed by atoms with Crippen molar-refractivity contribution in [2.75, 3.05) is 52.9 Å². The summed E-state index contributed by atoms with van der Waals surface area (Å²) < 4.78 is 11.5. The second kappa shape index (κ2) is 11.0. The van der Waals surface area contributed by atoms with E-state index in [9.17, 15) is 4.79 Å². The van der Waals surface area contributed by atoms with Crippen LogP contribution in [0.1, 0.15) is 29.7 Å². The maximum Gasteiger partial charge on any atom is 0.236 e. The number of hydrogen-bond acceptors (Lipinski definition) is 6. The van der Waals surface area contributed by atoms with Crippen LogP contribution in [-0.4, -0.2) is 73.5 Å². The van der Waals surface area contributed by atoms with Gasteiger partial charge in [0.05, 0.1) is 13.7 Å². The normalized spacial score (nSPS) is 18.2. The Morgan fingerprint density at radius 1 is 0.968 bits per heavy atom. The lowest BCUT2D eigenvalue weighted by molar-refractivity contribution is -0.133. The van der Waals surface area contributed by atoms with Crippen molar-refractivity contribution in [3.05, 3.63) is 46.2 Å². The molecule has 2 aromatic rings. The summed E-state index contributed by atoms with van der Waals surface area (Å²) in [6.45, 7) is 7.73. The molecule has 0 unspecified atom stereocenters. The molecule has 1 aromatic heterocycles. The molecule has 1 amide bonds. The molecular formula is C24H33N3O3S. The summed E-state index contributed by atoms with van der Waals surface area (Å²) >= 11 is 1.69. The van der Waals surface area contributed by atoms with E-state index in [1.807, 2.05) is 17.0 Å². The molecule has 31 heavy (non-hydrogen) atoms. The molecule has 2 saturated heterocycles. The number of carbonyl (C=O) groups excluding carboxylic acids is 1. The van der Waals surface area contributed by atoms with Crippen LogP contribution in [0.3, 0.4) is 0 Å². The minimum absolute atomic E-state index is 0.302. The van der Waals surface area contributed by atoms with Crippen molar-refractivity contribution in [1.29, 1.82) is 0 Å². The second-order valence-electron chi connectivity index (χ2n) is 8.35. The average Bonchev–Trinajstić information content (AvgIpc) is 3.33. The molecule has 6 nitrogen and oxygen atoms in total. The standard InChI is InChI=1S/C24H33N3O3S/c1-29-23-16-20(7-8-22(23)30-19-21-6-5-15-31-21)17-25-11-13-26(14-12-25)18-24(28)27-9-3-2-4-10-27/h5-8,15-16H,2-4,9-14,17-19H2,1H3. The van der Waals surface area contributed by atoms with Gasteiger partial charge in [-0.15, -0.1) is 11.3 Å². The number of amides is 1. The van der Waals surface area contributed by atoms with Crippen molar-refractivity contribution in [2.24, 2.45) is 0 Å². The van der Waals surface area contributed by atoms with Gasteiger partial charge in [0.1, 0.15) is 6.61 Å². The summed E-state index contributed by atoms with van der Waals surface area (Å²) in [7, 11) is 1.69. The highest BCUT2D eigenvalue weighted by Crippen LogP contribution is 2.30. The monoisotopic (exact) mass is 443 g/mol. The Kier molecular flexibility index (Phi) is 7.83. The number of piperidine rings is 1. The first-order valence-corrected chi connectivity index (χ1v) is 12.1. The third kappa shape index (κ3) is 6.21. The molecule has 0 aliphatic carbocycles. The van der Waals surface area contributed by atoms with Gasteiger partial charge in [-0.3, -0.25) is 14.6 Å². The Hall–Kier alpha value is -2.09. The van der Waals surface area contributed by atoms with Crippen molar-refractivity contribution in [3.63, 3.8) is 0 Å². The fraction of sp³-hybridized carbons (Fsp3) is 0.542. The quantitative estimate of drug-likeness (QED) is 0.625. The first kappa shape index (κ1) is 22.1. The highest BCUT2D eigenvalue weighted by Gasteiger charge is 2.23. The van der Waals surface area contributed by atoms with Crippen LogP contribution in [0.4, 0.5) is 0 Å². The van der Waals surface area contributed by atoms with Crippen molar-refractivity contribution in [1.82, 2.24) is 14.7 Å². The van der Waals surface area contributed by atoms with Gasteiger partial charge in [0.15, 0.2) is 11.5 Å². The molecule has 0 atom stereocenters. The molecule has 0 bridgehead atoms. The van der Waals surface area contributed by atoms with Crippen LogP contribution < -0.4 is 9.47 Å².